The Kier molecular flexibility index (Phi) is 3.93. The molecule has 7 nitrogen and oxygen atoms in total. The fourth-order valence-corrected chi connectivity index (χ4v) is 3.16. The Morgan fingerprint density at radius 1 is 1.33 bits per heavy atom. The van der Waals surface area contributed by atoms with Gasteiger partial charge in [-0.1, -0.05) is 12.1 Å². The standard InChI is InChI=1S/C16H10N4O3S/c1-9-12(6-10(7-17)15(21)18-9)13-8-24-16(19-13)11-4-2-3-5-14(11)20(22)23/h2-6,8H,1H3,(H,18,21). The van der Waals surface area contributed by atoms with E-state index in [2.05, 4.69) is 9.97 Å². The number of hydrogen-bond acceptors (Lipinski definition) is 6. The number of thiazole rings is 1. The molecule has 1 N–H and O–H groups in total. The summed E-state index contributed by atoms with van der Waals surface area (Å²) < 4.78 is 0. The summed E-state index contributed by atoms with van der Waals surface area (Å²) in [5, 5.41) is 22.4. The van der Waals surface area contributed by atoms with E-state index in [9.17, 15) is 14.9 Å². The molecule has 0 amide bonds. The molecule has 0 bridgehead atoms. The molecule has 1 aromatic carbocycles. The molecule has 0 aliphatic heterocycles. The van der Waals surface area contributed by atoms with Gasteiger partial charge in [-0.15, -0.1) is 11.3 Å². The lowest BCUT2D eigenvalue weighted by Gasteiger charge is -2.03. The Labute approximate surface area is 140 Å². The van der Waals surface area contributed by atoms with Crippen molar-refractivity contribution in [2.75, 3.05) is 0 Å². The number of nitro benzene ring substituents is 1. The molecule has 0 radical (unpaired) electrons. The van der Waals surface area contributed by atoms with Crippen LogP contribution in [0.4, 0.5) is 5.69 Å². The molecule has 0 aliphatic carbocycles. The smallest absolute Gasteiger partial charge is 0.279 e. The molecule has 8 heteroatoms. The zero-order valence-corrected chi connectivity index (χ0v) is 13.3. The van der Waals surface area contributed by atoms with Crippen molar-refractivity contribution in [2.45, 2.75) is 6.92 Å². The predicted octanol–water partition coefficient (Wildman–Crippen LogP) is 3.25. The molecule has 0 saturated carbocycles. The number of nitriles is 1. The second-order valence-electron chi connectivity index (χ2n) is 4.97. The van der Waals surface area contributed by atoms with Crippen LogP contribution >= 0.6 is 11.3 Å². The van der Waals surface area contributed by atoms with Gasteiger partial charge in [0.25, 0.3) is 11.2 Å². The SMILES string of the molecule is Cc1[nH]c(=O)c(C#N)cc1-c1csc(-c2ccccc2[N+](=O)[O-])n1. The number of nitro groups is 1. The Balaban J connectivity index is 2.12. The maximum absolute atomic E-state index is 11.6. The highest BCUT2D eigenvalue weighted by Gasteiger charge is 2.18. The molecular weight excluding hydrogens is 328 g/mol. The first-order valence-electron chi connectivity index (χ1n) is 6.85. The second-order valence-corrected chi connectivity index (χ2v) is 5.83. The Hall–Kier alpha value is -3.31. The number of H-pyrrole nitrogens is 1. The monoisotopic (exact) mass is 338 g/mol. The van der Waals surface area contributed by atoms with Crippen molar-refractivity contribution in [2.24, 2.45) is 0 Å². The van der Waals surface area contributed by atoms with Crippen LogP contribution in [0, 0.1) is 28.4 Å². The van der Waals surface area contributed by atoms with Gasteiger partial charge in [-0.05, 0) is 19.1 Å². The Morgan fingerprint density at radius 3 is 2.79 bits per heavy atom. The summed E-state index contributed by atoms with van der Waals surface area (Å²) in [5.74, 6) is 0. The fourth-order valence-electron chi connectivity index (χ4n) is 2.31. The zero-order valence-electron chi connectivity index (χ0n) is 12.4. The van der Waals surface area contributed by atoms with Gasteiger partial charge < -0.3 is 4.98 Å². The largest absolute Gasteiger partial charge is 0.325 e. The molecule has 3 aromatic rings. The molecule has 24 heavy (non-hydrogen) atoms. The van der Waals surface area contributed by atoms with Crippen LogP contribution in [0.15, 0.2) is 40.5 Å². The fraction of sp³-hybridized carbons (Fsp3) is 0.0625. The van der Waals surface area contributed by atoms with Gasteiger partial charge in [-0.2, -0.15) is 5.26 Å². The van der Waals surface area contributed by atoms with E-state index in [1.54, 1.807) is 30.5 Å². The number of benzene rings is 1. The van der Waals surface area contributed by atoms with Crippen LogP contribution in [-0.4, -0.2) is 14.9 Å². The summed E-state index contributed by atoms with van der Waals surface area (Å²) >= 11 is 1.26. The topological polar surface area (TPSA) is 113 Å². The van der Waals surface area contributed by atoms with Gasteiger partial charge in [0, 0.05) is 22.7 Å². The minimum atomic E-state index is -0.451. The maximum atomic E-state index is 11.6. The van der Waals surface area contributed by atoms with Crippen molar-refractivity contribution in [1.82, 2.24) is 9.97 Å². The van der Waals surface area contributed by atoms with E-state index in [4.69, 9.17) is 5.26 Å². The molecule has 0 saturated heterocycles. The zero-order chi connectivity index (χ0) is 17.3. The number of rotatable bonds is 3. The van der Waals surface area contributed by atoms with Crippen molar-refractivity contribution in [3.8, 4) is 27.9 Å². The van der Waals surface area contributed by atoms with Crippen molar-refractivity contribution in [3.63, 3.8) is 0 Å². The van der Waals surface area contributed by atoms with Crippen LogP contribution in [0.25, 0.3) is 21.8 Å². The van der Waals surface area contributed by atoms with Gasteiger partial charge in [0.1, 0.15) is 16.6 Å². The van der Waals surface area contributed by atoms with Crippen LogP contribution in [0.1, 0.15) is 11.3 Å². The van der Waals surface area contributed by atoms with E-state index in [0.29, 0.717) is 27.5 Å². The van der Waals surface area contributed by atoms with Crippen LogP contribution in [0.2, 0.25) is 0 Å². The van der Waals surface area contributed by atoms with E-state index in [1.807, 2.05) is 6.07 Å². The molecule has 0 spiro atoms. The quantitative estimate of drug-likeness (QED) is 0.582. The van der Waals surface area contributed by atoms with Crippen LogP contribution in [-0.2, 0) is 0 Å². The molecule has 118 valence electrons. The van der Waals surface area contributed by atoms with Gasteiger partial charge in [-0.3, -0.25) is 14.9 Å². The number of nitrogens with one attached hydrogen (secondary N) is 1. The van der Waals surface area contributed by atoms with Crippen LogP contribution < -0.4 is 5.56 Å². The summed E-state index contributed by atoms with van der Waals surface area (Å²) in [7, 11) is 0. The van der Waals surface area contributed by atoms with Gasteiger partial charge in [0.15, 0.2) is 0 Å². The second kappa shape index (κ2) is 6.06. The third kappa shape index (κ3) is 2.68. The van der Waals surface area contributed by atoms with Crippen LogP contribution in [0.5, 0.6) is 0 Å². The molecule has 0 unspecified atom stereocenters. The number of aromatic amines is 1. The average Bonchev–Trinajstić information content (AvgIpc) is 3.04. The van der Waals surface area contributed by atoms with E-state index < -0.39 is 10.5 Å². The summed E-state index contributed by atoms with van der Waals surface area (Å²) in [6.45, 7) is 1.71. The third-order valence-corrected chi connectivity index (χ3v) is 4.35. The minimum Gasteiger partial charge on any atom is -0.325 e. The average molecular weight is 338 g/mol. The van der Waals surface area contributed by atoms with E-state index in [1.165, 1.54) is 23.5 Å². The van der Waals surface area contributed by atoms with Crippen molar-refractivity contribution in [3.05, 3.63) is 67.4 Å². The molecule has 2 aromatic heterocycles. The lowest BCUT2D eigenvalue weighted by atomic mass is 10.1. The number of pyridine rings is 1. The summed E-state index contributed by atoms with van der Waals surface area (Å²) in [6.07, 6.45) is 0. The van der Waals surface area contributed by atoms with Gasteiger partial charge in [0.2, 0.25) is 0 Å². The number of aromatic nitrogens is 2. The van der Waals surface area contributed by atoms with E-state index >= 15 is 0 Å². The highest BCUT2D eigenvalue weighted by atomic mass is 32.1. The van der Waals surface area contributed by atoms with E-state index in [-0.39, 0.29) is 11.3 Å². The molecule has 0 aliphatic rings. The lowest BCUT2D eigenvalue weighted by Crippen LogP contribution is -2.11. The van der Waals surface area contributed by atoms with Gasteiger partial charge >= 0.3 is 0 Å². The summed E-state index contributed by atoms with van der Waals surface area (Å²) in [4.78, 5) is 29.4. The lowest BCUT2D eigenvalue weighted by molar-refractivity contribution is -0.384. The first-order chi connectivity index (χ1) is 11.5. The van der Waals surface area contributed by atoms with Gasteiger partial charge in [0.05, 0.1) is 16.2 Å². The first kappa shape index (κ1) is 15.6. The Bertz CT molecular complexity index is 1050. The number of para-hydroxylation sites is 1. The molecular formula is C16H10N4O3S. The molecule has 2 heterocycles. The normalized spacial score (nSPS) is 10.3. The highest BCUT2D eigenvalue weighted by molar-refractivity contribution is 7.13. The molecule has 0 fully saturated rings. The number of nitrogens with zero attached hydrogens (tertiary/aromatic N) is 3. The van der Waals surface area contributed by atoms with E-state index in [0.717, 1.165) is 0 Å². The summed E-state index contributed by atoms with van der Waals surface area (Å²) in [6, 6.07) is 9.69. The molecule has 3 rings (SSSR count). The summed E-state index contributed by atoms with van der Waals surface area (Å²) in [5.41, 5.74) is 1.71. The third-order valence-electron chi connectivity index (χ3n) is 3.47. The molecule has 0 atom stereocenters. The minimum absolute atomic E-state index is 0.00385. The highest BCUT2D eigenvalue weighted by Crippen LogP contribution is 2.34. The van der Waals surface area contributed by atoms with Crippen molar-refractivity contribution < 1.29 is 4.92 Å². The number of aryl methyl sites for hydroxylation is 1. The van der Waals surface area contributed by atoms with Crippen molar-refractivity contribution >= 4 is 17.0 Å². The van der Waals surface area contributed by atoms with Crippen LogP contribution in [0.3, 0.4) is 0 Å². The maximum Gasteiger partial charge on any atom is 0.279 e. The van der Waals surface area contributed by atoms with Crippen molar-refractivity contribution in [1.29, 1.82) is 5.26 Å². The first-order valence-corrected chi connectivity index (χ1v) is 7.73. The van der Waals surface area contributed by atoms with Gasteiger partial charge in [-0.25, -0.2) is 4.98 Å². The Morgan fingerprint density at radius 2 is 2.08 bits per heavy atom. The predicted molar refractivity (Wildman–Crippen MR) is 89.7 cm³/mol. The number of hydrogen-bond donors (Lipinski definition) is 1.